The molecule has 2 aromatic rings. The Hall–Kier alpha value is -2.65. The first-order valence-corrected chi connectivity index (χ1v) is 9.97. The van der Waals surface area contributed by atoms with Crippen LogP contribution < -0.4 is 20.5 Å². The van der Waals surface area contributed by atoms with Gasteiger partial charge in [0.15, 0.2) is 0 Å². The predicted molar refractivity (Wildman–Crippen MR) is 107 cm³/mol. The number of pyridine rings is 1. The molecular formula is C19H22ClN5O4. The molecule has 2 saturated heterocycles. The number of hydrogen-bond acceptors (Lipinski definition) is 7. The van der Waals surface area contributed by atoms with Gasteiger partial charge in [0.1, 0.15) is 11.1 Å². The zero-order valence-corrected chi connectivity index (χ0v) is 16.5. The first-order valence-electron chi connectivity index (χ1n) is 9.59. The van der Waals surface area contributed by atoms with Gasteiger partial charge in [0.05, 0.1) is 18.4 Å². The van der Waals surface area contributed by atoms with Gasteiger partial charge in [-0.3, -0.25) is 9.59 Å². The van der Waals surface area contributed by atoms with Crippen LogP contribution in [-0.4, -0.2) is 59.5 Å². The van der Waals surface area contributed by atoms with Crippen molar-refractivity contribution in [3.8, 4) is 5.88 Å². The molecule has 10 heteroatoms. The van der Waals surface area contributed by atoms with Gasteiger partial charge in [-0.25, -0.2) is 10.1 Å². The third-order valence-electron chi connectivity index (χ3n) is 5.10. The van der Waals surface area contributed by atoms with Gasteiger partial charge in [-0.15, -0.1) is 0 Å². The number of rotatable bonds is 5. The fourth-order valence-electron chi connectivity index (χ4n) is 3.53. The van der Waals surface area contributed by atoms with Gasteiger partial charge in [0.2, 0.25) is 5.88 Å². The topological polar surface area (TPSA) is 109 Å². The maximum absolute atomic E-state index is 12.5. The van der Waals surface area contributed by atoms with Gasteiger partial charge in [-0.2, -0.15) is 5.10 Å². The van der Waals surface area contributed by atoms with Crippen LogP contribution in [-0.2, 0) is 4.74 Å². The van der Waals surface area contributed by atoms with E-state index in [1.807, 2.05) is 4.90 Å². The lowest BCUT2D eigenvalue weighted by atomic mass is 10.1. The summed E-state index contributed by atoms with van der Waals surface area (Å²) in [5.41, 5.74) is 0.677. The Kier molecular flexibility index (Phi) is 5.96. The van der Waals surface area contributed by atoms with Gasteiger partial charge in [0, 0.05) is 50.0 Å². The molecule has 0 aromatic carbocycles. The maximum atomic E-state index is 12.5. The van der Waals surface area contributed by atoms with Crippen LogP contribution in [0.4, 0.5) is 5.69 Å². The second-order valence-corrected chi connectivity index (χ2v) is 7.49. The second kappa shape index (κ2) is 8.79. The van der Waals surface area contributed by atoms with E-state index >= 15 is 0 Å². The van der Waals surface area contributed by atoms with Crippen molar-refractivity contribution in [3.05, 3.63) is 45.5 Å². The van der Waals surface area contributed by atoms with Crippen LogP contribution in [0.5, 0.6) is 5.88 Å². The molecule has 2 aliphatic rings. The average Bonchev–Trinajstić information content (AvgIpc) is 3.19. The normalized spacial score (nSPS) is 19.9. The van der Waals surface area contributed by atoms with Crippen molar-refractivity contribution in [2.45, 2.75) is 31.4 Å². The lowest BCUT2D eigenvalue weighted by molar-refractivity contribution is 0.0696. The number of ether oxygens (including phenoxy) is 2. The number of carbonyl (C=O) groups is 1. The van der Waals surface area contributed by atoms with Crippen molar-refractivity contribution >= 4 is 23.2 Å². The molecule has 2 N–H and O–H groups in total. The van der Waals surface area contributed by atoms with Crippen molar-refractivity contribution < 1.29 is 14.3 Å². The van der Waals surface area contributed by atoms with Crippen LogP contribution >= 0.6 is 11.6 Å². The minimum atomic E-state index is -0.418. The lowest BCUT2D eigenvalue weighted by Crippen LogP contribution is -2.38. The minimum absolute atomic E-state index is 0.116. The molecule has 0 aliphatic carbocycles. The highest BCUT2D eigenvalue weighted by Gasteiger charge is 2.27. The second-order valence-electron chi connectivity index (χ2n) is 7.12. The first-order chi connectivity index (χ1) is 14.1. The summed E-state index contributed by atoms with van der Waals surface area (Å²) in [5.74, 6) is 0.255. The fraction of sp³-hybridized carbons (Fsp3) is 0.474. The number of amides is 1. The minimum Gasteiger partial charge on any atom is -0.472 e. The summed E-state index contributed by atoms with van der Waals surface area (Å²) in [5, 5.41) is 9.27. The van der Waals surface area contributed by atoms with Crippen molar-refractivity contribution in [3.63, 3.8) is 0 Å². The highest BCUT2D eigenvalue weighted by atomic mass is 35.5. The zero-order chi connectivity index (χ0) is 20.2. The Labute approximate surface area is 172 Å². The number of anilines is 1. The molecule has 0 spiro atoms. The molecule has 2 fully saturated rings. The van der Waals surface area contributed by atoms with Gasteiger partial charge in [0.25, 0.3) is 11.5 Å². The lowest BCUT2D eigenvalue weighted by Gasteiger charge is -2.23. The third kappa shape index (κ3) is 4.68. The Balaban J connectivity index is 1.37. The molecule has 0 radical (unpaired) electrons. The van der Waals surface area contributed by atoms with E-state index in [4.69, 9.17) is 21.1 Å². The van der Waals surface area contributed by atoms with Crippen molar-refractivity contribution in [1.29, 1.82) is 0 Å². The molecule has 4 heterocycles. The molecule has 29 heavy (non-hydrogen) atoms. The van der Waals surface area contributed by atoms with Crippen LogP contribution in [0.25, 0.3) is 0 Å². The van der Waals surface area contributed by atoms with Gasteiger partial charge >= 0.3 is 0 Å². The largest absolute Gasteiger partial charge is 0.472 e. The van der Waals surface area contributed by atoms with E-state index in [0.29, 0.717) is 43.4 Å². The Morgan fingerprint density at radius 1 is 1.34 bits per heavy atom. The highest BCUT2D eigenvalue weighted by molar-refractivity contribution is 6.33. The number of carbonyl (C=O) groups excluding carboxylic acids is 1. The number of nitrogens with one attached hydrogen (secondary N) is 2. The number of aromatic nitrogens is 3. The average molecular weight is 420 g/mol. The van der Waals surface area contributed by atoms with E-state index in [1.54, 1.807) is 18.3 Å². The van der Waals surface area contributed by atoms with Crippen LogP contribution in [0.15, 0.2) is 29.3 Å². The van der Waals surface area contributed by atoms with Crippen LogP contribution in [0.2, 0.25) is 5.02 Å². The third-order valence-corrected chi connectivity index (χ3v) is 5.47. The van der Waals surface area contributed by atoms with E-state index in [2.05, 4.69) is 20.5 Å². The van der Waals surface area contributed by atoms with E-state index in [-0.39, 0.29) is 23.1 Å². The van der Waals surface area contributed by atoms with Crippen molar-refractivity contribution in [2.24, 2.45) is 0 Å². The molecule has 1 amide bonds. The molecule has 2 aromatic heterocycles. The smallest absolute Gasteiger partial charge is 0.285 e. The Bertz CT molecular complexity index is 931. The van der Waals surface area contributed by atoms with Gasteiger partial charge in [-0.05, 0) is 18.9 Å². The van der Waals surface area contributed by atoms with E-state index in [0.717, 1.165) is 19.3 Å². The van der Waals surface area contributed by atoms with Crippen molar-refractivity contribution in [2.75, 3.05) is 31.2 Å². The molecular weight excluding hydrogens is 398 g/mol. The van der Waals surface area contributed by atoms with Gasteiger partial charge < -0.3 is 19.7 Å². The zero-order valence-electron chi connectivity index (χ0n) is 15.8. The molecule has 9 nitrogen and oxygen atoms in total. The highest BCUT2D eigenvalue weighted by Crippen LogP contribution is 2.26. The van der Waals surface area contributed by atoms with Crippen LogP contribution in [0.3, 0.4) is 0 Å². The number of halogens is 1. The summed E-state index contributed by atoms with van der Waals surface area (Å²) in [7, 11) is 0. The predicted octanol–water partition coefficient (Wildman–Crippen LogP) is 1.38. The monoisotopic (exact) mass is 419 g/mol. The maximum Gasteiger partial charge on any atom is 0.285 e. The molecule has 4 rings (SSSR count). The molecule has 0 bridgehead atoms. The summed E-state index contributed by atoms with van der Waals surface area (Å²) >= 11 is 6.09. The number of hydrogen-bond donors (Lipinski definition) is 2. The quantitative estimate of drug-likeness (QED) is 0.753. The van der Waals surface area contributed by atoms with Crippen molar-refractivity contribution in [1.82, 2.24) is 20.5 Å². The summed E-state index contributed by atoms with van der Waals surface area (Å²) in [6.07, 6.45) is 5.34. The molecule has 2 aliphatic heterocycles. The van der Waals surface area contributed by atoms with E-state index < -0.39 is 5.56 Å². The Morgan fingerprint density at radius 3 is 3.00 bits per heavy atom. The number of aromatic amines is 1. The molecule has 0 saturated carbocycles. The first kappa shape index (κ1) is 19.7. The number of nitrogens with zero attached hydrogens (tertiary/aromatic N) is 3. The Morgan fingerprint density at radius 2 is 2.17 bits per heavy atom. The van der Waals surface area contributed by atoms with E-state index in [9.17, 15) is 9.59 Å². The summed E-state index contributed by atoms with van der Waals surface area (Å²) in [6, 6.07) is 3.45. The molecule has 154 valence electrons. The summed E-state index contributed by atoms with van der Waals surface area (Å²) in [4.78, 5) is 30.3. The molecule has 0 unspecified atom stereocenters. The SMILES string of the molecule is O=C(NC1CCOCC1)c1ccnc(O[C@@H]2CCN(c3cn[nH]c(=O)c3Cl)C2)c1. The standard InChI is InChI=1S/C19H22ClN5O4/c20-17-15(10-22-24-19(17)27)25-6-2-14(11-25)29-16-9-12(1-5-21-16)18(26)23-13-3-7-28-8-4-13/h1,5,9-10,13-14H,2-4,6-8,11H2,(H,23,26)(H,24,27)/t14-/m1/s1. The fourth-order valence-corrected chi connectivity index (χ4v) is 3.74. The van der Waals surface area contributed by atoms with Crippen LogP contribution in [0, 0.1) is 0 Å². The van der Waals surface area contributed by atoms with Gasteiger partial charge in [-0.1, -0.05) is 11.6 Å². The molecule has 1 atom stereocenters. The summed E-state index contributed by atoms with van der Waals surface area (Å²) in [6.45, 7) is 2.56. The van der Waals surface area contributed by atoms with Crippen LogP contribution in [0.1, 0.15) is 29.6 Å². The van der Waals surface area contributed by atoms with E-state index in [1.165, 1.54) is 6.20 Å². The summed E-state index contributed by atoms with van der Waals surface area (Å²) < 4.78 is 11.3. The number of H-pyrrole nitrogens is 1.